The predicted octanol–water partition coefficient (Wildman–Crippen LogP) is 3.03. The van der Waals surface area contributed by atoms with E-state index >= 15 is 0 Å². The summed E-state index contributed by atoms with van der Waals surface area (Å²) in [5.74, 6) is 0.473. The first kappa shape index (κ1) is 20.5. The molecule has 0 saturated carbocycles. The van der Waals surface area contributed by atoms with Crippen molar-refractivity contribution in [1.82, 2.24) is 14.8 Å². The molecule has 1 aromatic heterocycles. The second-order valence-corrected chi connectivity index (χ2v) is 9.55. The Morgan fingerprint density at radius 1 is 0.935 bits per heavy atom. The fraction of sp³-hybridized carbons (Fsp3) is 0.520. The topological polar surface area (TPSA) is 61.2 Å². The smallest absolute Gasteiger partial charge is 0.300 e. The average Bonchev–Trinajstić information content (AvgIpc) is 3.20. The van der Waals surface area contributed by atoms with Crippen LogP contribution < -0.4 is 10.7 Å². The highest BCUT2D eigenvalue weighted by Crippen LogP contribution is 2.33. The van der Waals surface area contributed by atoms with Crippen molar-refractivity contribution in [2.75, 3.05) is 26.2 Å². The lowest BCUT2D eigenvalue weighted by atomic mass is 9.86. The number of urea groups is 1. The number of pyridine rings is 1. The second-order valence-electron chi connectivity index (χ2n) is 9.55. The summed E-state index contributed by atoms with van der Waals surface area (Å²) in [6.45, 7) is 9.13. The Labute approximate surface area is 183 Å². The Balaban J connectivity index is 1.19. The number of piperidine rings is 2. The normalized spacial score (nSPS) is 21.5. The van der Waals surface area contributed by atoms with Gasteiger partial charge in [-0.3, -0.25) is 9.88 Å². The minimum atomic E-state index is -0.360. The molecule has 2 aromatic rings. The van der Waals surface area contributed by atoms with Crippen molar-refractivity contribution in [3.8, 4) is 0 Å². The van der Waals surface area contributed by atoms with Gasteiger partial charge in [0.2, 0.25) is 0 Å². The van der Waals surface area contributed by atoms with Crippen molar-refractivity contribution in [2.45, 2.75) is 57.0 Å². The molecule has 2 saturated heterocycles. The van der Waals surface area contributed by atoms with E-state index in [9.17, 15) is 4.79 Å². The summed E-state index contributed by atoms with van der Waals surface area (Å²) in [7, 11) is 0. The van der Waals surface area contributed by atoms with Crippen molar-refractivity contribution < 1.29 is 4.79 Å². The molecule has 5 rings (SSSR count). The minimum absolute atomic E-state index is 0.0197. The molecule has 0 unspecified atom stereocenters. The van der Waals surface area contributed by atoms with Crippen molar-refractivity contribution in [3.63, 3.8) is 0 Å². The first-order valence-corrected chi connectivity index (χ1v) is 11.5. The van der Waals surface area contributed by atoms with E-state index in [1.807, 2.05) is 30.6 Å². The molecule has 2 amide bonds. The number of likely N-dealkylation sites (tertiary alicyclic amines) is 2. The number of benzene rings is 1. The number of hydrogen-bond donors (Lipinski definition) is 0. The molecule has 0 N–H and O–H groups in total. The summed E-state index contributed by atoms with van der Waals surface area (Å²) >= 11 is 0. The molecule has 31 heavy (non-hydrogen) atoms. The maximum absolute atomic E-state index is 11.6. The highest BCUT2D eigenvalue weighted by atomic mass is 16.2. The molecule has 3 aliphatic rings. The standard InChI is InChI=1S/C25H31N5O/c1-25(2,19-5-4-12-26-17-19)30-15-10-20(11-16-30)29-13-8-18(9-14-29)21-6-3-7-22-23(21)28-24(31)27-22/h3-7,12,17-18,20H,8-11,13-16H2,1-2H3. The molecule has 4 heterocycles. The molecular weight excluding hydrogens is 386 g/mol. The van der Waals surface area contributed by atoms with Crippen LogP contribution in [0.2, 0.25) is 0 Å². The first-order valence-electron chi connectivity index (χ1n) is 11.5. The molecule has 6 heteroatoms. The fourth-order valence-corrected chi connectivity index (χ4v) is 5.59. The molecule has 1 aromatic carbocycles. The molecule has 0 spiro atoms. The van der Waals surface area contributed by atoms with Gasteiger partial charge >= 0.3 is 6.03 Å². The average molecular weight is 418 g/mol. The van der Waals surface area contributed by atoms with Crippen LogP contribution in [0.5, 0.6) is 0 Å². The zero-order valence-corrected chi connectivity index (χ0v) is 18.5. The SMILES string of the molecule is CC(C)(c1cccnc1)N1CCC(N2CCC(c3cccc4c3=NC(=O)N=4)CC2)CC1. The minimum Gasteiger partial charge on any atom is -0.300 e. The lowest BCUT2D eigenvalue weighted by Crippen LogP contribution is -2.52. The number of carbonyl (C=O) groups is 1. The third-order valence-electron chi connectivity index (χ3n) is 7.58. The van der Waals surface area contributed by atoms with Gasteiger partial charge in [0.1, 0.15) is 0 Å². The van der Waals surface area contributed by atoms with E-state index < -0.39 is 0 Å². The number of rotatable bonds is 4. The number of fused-ring (bicyclic) bond motifs is 1. The van der Waals surface area contributed by atoms with Crippen LogP contribution in [0.25, 0.3) is 0 Å². The Morgan fingerprint density at radius 3 is 2.42 bits per heavy atom. The van der Waals surface area contributed by atoms with Gasteiger partial charge in [0.05, 0.1) is 10.7 Å². The van der Waals surface area contributed by atoms with Crippen LogP contribution in [0.3, 0.4) is 0 Å². The van der Waals surface area contributed by atoms with Crippen molar-refractivity contribution >= 4 is 6.03 Å². The van der Waals surface area contributed by atoms with Crippen molar-refractivity contribution in [2.24, 2.45) is 9.98 Å². The molecule has 0 bridgehead atoms. The van der Waals surface area contributed by atoms with E-state index in [2.05, 4.69) is 50.7 Å². The molecule has 0 radical (unpaired) electrons. The monoisotopic (exact) mass is 417 g/mol. The van der Waals surface area contributed by atoms with Crippen molar-refractivity contribution in [1.29, 1.82) is 0 Å². The van der Waals surface area contributed by atoms with Gasteiger partial charge in [-0.2, -0.15) is 9.98 Å². The third-order valence-corrected chi connectivity index (χ3v) is 7.58. The van der Waals surface area contributed by atoms with E-state index in [0.717, 1.165) is 49.7 Å². The Morgan fingerprint density at radius 2 is 1.71 bits per heavy atom. The van der Waals surface area contributed by atoms with E-state index in [1.54, 1.807) is 0 Å². The van der Waals surface area contributed by atoms with Gasteiger partial charge in [-0.05, 0) is 81.8 Å². The molecular formula is C25H31N5O. The van der Waals surface area contributed by atoms with E-state index in [-0.39, 0.29) is 11.6 Å². The van der Waals surface area contributed by atoms with Gasteiger partial charge in [-0.1, -0.05) is 18.2 Å². The Kier molecular flexibility index (Phi) is 5.44. The lowest BCUT2D eigenvalue weighted by Gasteiger charge is -2.46. The maximum Gasteiger partial charge on any atom is 0.368 e. The number of aromatic nitrogens is 1. The van der Waals surface area contributed by atoms with E-state index in [1.165, 1.54) is 24.0 Å². The number of hydrogen-bond acceptors (Lipinski definition) is 4. The largest absolute Gasteiger partial charge is 0.368 e. The van der Waals surface area contributed by atoms with E-state index in [4.69, 9.17) is 0 Å². The zero-order chi connectivity index (χ0) is 21.4. The highest BCUT2D eigenvalue weighted by molar-refractivity contribution is 5.77. The summed E-state index contributed by atoms with van der Waals surface area (Å²) < 4.78 is 0. The van der Waals surface area contributed by atoms with Crippen LogP contribution in [0.1, 0.15) is 56.6 Å². The van der Waals surface area contributed by atoms with Crippen LogP contribution in [0, 0.1) is 0 Å². The first-order chi connectivity index (χ1) is 15.0. The summed E-state index contributed by atoms with van der Waals surface area (Å²) in [5.41, 5.74) is 2.52. The third kappa shape index (κ3) is 3.94. The van der Waals surface area contributed by atoms with Gasteiger partial charge in [-0.25, -0.2) is 4.79 Å². The number of carbonyl (C=O) groups excluding carboxylic acids is 1. The summed E-state index contributed by atoms with van der Waals surface area (Å²) in [6, 6.07) is 10.6. The lowest BCUT2D eigenvalue weighted by molar-refractivity contribution is 0.0375. The molecule has 3 aliphatic heterocycles. The summed E-state index contributed by atoms with van der Waals surface area (Å²) in [6.07, 6.45) is 8.54. The van der Waals surface area contributed by atoms with Gasteiger partial charge in [0.15, 0.2) is 0 Å². The molecule has 6 nitrogen and oxygen atoms in total. The summed E-state index contributed by atoms with van der Waals surface area (Å²) in [5, 5.41) is 1.56. The van der Waals surface area contributed by atoms with Crippen LogP contribution in [0.4, 0.5) is 4.79 Å². The quantitative estimate of drug-likeness (QED) is 0.767. The van der Waals surface area contributed by atoms with Gasteiger partial charge in [0.25, 0.3) is 0 Å². The van der Waals surface area contributed by atoms with E-state index in [0.29, 0.717) is 12.0 Å². The highest BCUT2D eigenvalue weighted by Gasteiger charge is 2.35. The van der Waals surface area contributed by atoms with Gasteiger partial charge in [0, 0.05) is 37.1 Å². The molecule has 0 atom stereocenters. The van der Waals surface area contributed by atoms with Crippen LogP contribution in [0.15, 0.2) is 52.7 Å². The maximum atomic E-state index is 11.6. The number of amides is 2. The van der Waals surface area contributed by atoms with Crippen LogP contribution in [-0.4, -0.2) is 53.0 Å². The zero-order valence-electron chi connectivity index (χ0n) is 18.5. The Hall–Kier alpha value is -2.44. The number of para-hydroxylation sites is 1. The van der Waals surface area contributed by atoms with Gasteiger partial charge in [-0.15, -0.1) is 0 Å². The molecule has 2 fully saturated rings. The van der Waals surface area contributed by atoms with Crippen LogP contribution >= 0.6 is 0 Å². The Bertz CT molecular complexity index is 1060. The summed E-state index contributed by atoms with van der Waals surface area (Å²) in [4.78, 5) is 29.5. The molecule has 162 valence electrons. The molecule has 0 aliphatic carbocycles. The van der Waals surface area contributed by atoms with Crippen LogP contribution in [-0.2, 0) is 5.54 Å². The number of nitrogens with zero attached hydrogens (tertiary/aromatic N) is 5. The predicted molar refractivity (Wildman–Crippen MR) is 120 cm³/mol. The fourth-order valence-electron chi connectivity index (χ4n) is 5.59. The second kappa shape index (κ2) is 8.24. The van der Waals surface area contributed by atoms with Gasteiger partial charge < -0.3 is 4.90 Å². The van der Waals surface area contributed by atoms with Crippen molar-refractivity contribution in [3.05, 3.63) is 64.6 Å².